The topological polar surface area (TPSA) is 69.7 Å². The number of carbonyl (C=O) groups excluding carboxylic acids is 1. The van der Waals surface area contributed by atoms with Gasteiger partial charge in [-0.3, -0.25) is 9.69 Å². The molecule has 0 radical (unpaired) electrons. The fourth-order valence-electron chi connectivity index (χ4n) is 2.41. The summed E-state index contributed by atoms with van der Waals surface area (Å²) in [4.78, 5) is 15.6. The summed E-state index contributed by atoms with van der Waals surface area (Å²) >= 11 is 1.50. The third-order valence-electron chi connectivity index (χ3n) is 3.59. The highest BCUT2D eigenvalue weighted by atomic mass is 32.2. The summed E-state index contributed by atoms with van der Waals surface area (Å²) in [6.45, 7) is 6.08. The van der Waals surface area contributed by atoms with Crippen molar-refractivity contribution in [2.24, 2.45) is 0 Å². The van der Waals surface area contributed by atoms with Crippen molar-refractivity contribution in [1.29, 1.82) is 0 Å². The van der Waals surface area contributed by atoms with E-state index in [1.165, 1.54) is 15.6 Å². The minimum Gasteiger partial charge on any atom is -0.358 e. The van der Waals surface area contributed by atoms with Crippen LogP contribution >= 0.6 is 11.3 Å². The number of rotatable bonds is 4. The van der Waals surface area contributed by atoms with Gasteiger partial charge in [-0.25, -0.2) is 8.42 Å². The molecule has 0 unspecified atom stereocenters. The number of hydrogen-bond donors (Lipinski definition) is 1. The first-order valence-electron chi connectivity index (χ1n) is 6.84. The molecule has 1 aliphatic heterocycles. The molecule has 1 aromatic heterocycles. The molecule has 118 valence electrons. The van der Waals surface area contributed by atoms with E-state index in [0.717, 1.165) is 9.75 Å². The number of likely N-dealkylation sites (N-methyl/N-ethyl adjacent to an activating group) is 1. The van der Waals surface area contributed by atoms with Crippen molar-refractivity contribution in [2.75, 3.05) is 39.8 Å². The number of nitrogens with one attached hydrogen (secondary N) is 1. The largest absolute Gasteiger partial charge is 0.358 e. The number of aryl methyl sites for hydroxylation is 2. The van der Waals surface area contributed by atoms with Gasteiger partial charge in [0.2, 0.25) is 15.9 Å². The normalized spacial score (nSPS) is 17.9. The number of thiophene rings is 1. The molecule has 6 nitrogen and oxygen atoms in total. The molecule has 1 saturated heterocycles. The van der Waals surface area contributed by atoms with E-state index >= 15 is 0 Å². The first-order valence-corrected chi connectivity index (χ1v) is 9.10. The zero-order valence-electron chi connectivity index (χ0n) is 12.5. The smallest absolute Gasteiger partial charge is 0.244 e. The van der Waals surface area contributed by atoms with Crippen molar-refractivity contribution in [3.05, 3.63) is 15.8 Å². The SMILES string of the molecule is CNC(=O)CN1CCN(S(=O)(=O)c2cc(C)sc2C)CC1. The minimum atomic E-state index is -3.41. The average Bonchev–Trinajstić information content (AvgIpc) is 2.79. The van der Waals surface area contributed by atoms with Crippen LogP contribution in [-0.4, -0.2) is 63.3 Å². The molecule has 0 spiro atoms. The van der Waals surface area contributed by atoms with Crippen molar-refractivity contribution < 1.29 is 13.2 Å². The van der Waals surface area contributed by atoms with Crippen LogP contribution in [0.15, 0.2) is 11.0 Å². The number of nitrogens with zero attached hydrogens (tertiary/aromatic N) is 2. The molecule has 0 aromatic carbocycles. The van der Waals surface area contributed by atoms with Crippen LogP contribution in [0.25, 0.3) is 0 Å². The number of sulfonamides is 1. The monoisotopic (exact) mass is 331 g/mol. The van der Waals surface area contributed by atoms with Gasteiger partial charge < -0.3 is 5.32 Å². The van der Waals surface area contributed by atoms with Crippen LogP contribution in [0.2, 0.25) is 0 Å². The molecule has 1 aromatic rings. The Morgan fingerprint density at radius 1 is 1.29 bits per heavy atom. The molecule has 1 amide bonds. The molecule has 0 bridgehead atoms. The van der Waals surface area contributed by atoms with E-state index in [2.05, 4.69) is 5.32 Å². The number of piperazine rings is 1. The molecule has 21 heavy (non-hydrogen) atoms. The zero-order valence-corrected chi connectivity index (χ0v) is 14.2. The lowest BCUT2D eigenvalue weighted by molar-refractivity contribution is -0.122. The van der Waals surface area contributed by atoms with Gasteiger partial charge in [-0.2, -0.15) is 4.31 Å². The van der Waals surface area contributed by atoms with Crippen LogP contribution < -0.4 is 5.32 Å². The van der Waals surface area contributed by atoms with Crippen LogP contribution in [0.4, 0.5) is 0 Å². The number of amides is 1. The molecule has 1 N–H and O–H groups in total. The Bertz CT molecular complexity index is 617. The maximum atomic E-state index is 12.6. The maximum absolute atomic E-state index is 12.6. The van der Waals surface area contributed by atoms with Crippen molar-refractivity contribution in [3.63, 3.8) is 0 Å². The molecule has 1 aliphatic rings. The Labute approximate surface area is 129 Å². The molecule has 0 atom stereocenters. The van der Waals surface area contributed by atoms with Gasteiger partial charge in [0.25, 0.3) is 0 Å². The van der Waals surface area contributed by atoms with Gasteiger partial charge in [-0.1, -0.05) is 0 Å². The van der Waals surface area contributed by atoms with Gasteiger partial charge in [0, 0.05) is 43.0 Å². The van der Waals surface area contributed by atoms with Crippen LogP contribution in [-0.2, 0) is 14.8 Å². The van der Waals surface area contributed by atoms with E-state index in [-0.39, 0.29) is 5.91 Å². The fraction of sp³-hybridized carbons (Fsp3) is 0.615. The summed E-state index contributed by atoms with van der Waals surface area (Å²) in [6.07, 6.45) is 0. The quantitative estimate of drug-likeness (QED) is 0.868. The summed E-state index contributed by atoms with van der Waals surface area (Å²) in [6, 6.07) is 1.74. The van der Waals surface area contributed by atoms with Gasteiger partial charge in [-0.15, -0.1) is 11.3 Å². The molecule has 8 heteroatoms. The average molecular weight is 331 g/mol. The van der Waals surface area contributed by atoms with E-state index in [1.54, 1.807) is 13.1 Å². The van der Waals surface area contributed by atoms with Crippen molar-refractivity contribution in [2.45, 2.75) is 18.7 Å². The zero-order chi connectivity index (χ0) is 15.6. The summed E-state index contributed by atoms with van der Waals surface area (Å²) < 4.78 is 26.8. The number of hydrogen-bond acceptors (Lipinski definition) is 5. The van der Waals surface area contributed by atoms with Gasteiger partial charge >= 0.3 is 0 Å². The lowest BCUT2D eigenvalue weighted by Gasteiger charge is -2.33. The molecule has 0 saturated carbocycles. The Morgan fingerprint density at radius 2 is 1.90 bits per heavy atom. The second kappa shape index (κ2) is 6.43. The summed E-state index contributed by atoms with van der Waals surface area (Å²) in [5.74, 6) is -0.0457. The highest BCUT2D eigenvalue weighted by Gasteiger charge is 2.30. The summed E-state index contributed by atoms with van der Waals surface area (Å²) in [5.41, 5.74) is 0. The molecule has 1 fully saturated rings. The fourth-order valence-corrected chi connectivity index (χ4v) is 5.36. The third kappa shape index (κ3) is 3.63. The molecule has 0 aliphatic carbocycles. The third-order valence-corrected chi connectivity index (χ3v) is 6.71. The predicted molar refractivity (Wildman–Crippen MR) is 83.1 cm³/mol. The summed E-state index contributed by atoms with van der Waals surface area (Å²) in [5, 5.41) is 2.58. The Hall–Kier alpha value is -0.960. The second-order valence-electron chi connectivity index (χ2n) is 5.13. The van der Waals surface area contributed by atoms with Crippen LogP contribution in [0.3, 0.4) is 0 Å². The van der Waals surface area contributed by atoms with Crippen LogP contribution in [0.5, 0.6) is 0 Å². The lowest BCUT2D eigenvalue weighted by atomic mass is 10.3. The van der Waals surface area contributed by atoms with Crippen molar-refractivity contribution >= 4 is 27.3 Å². The molecular formula is C13H21N3O3S2. The summed E-state index contributed by atoms with van der Waals surface area (Å²) in [7, 11) is -1.81. The van der Waals surface area contributed by atoms with E-state index in [4.69, 9.17) is 0 Å². The Kier molecular flexibility index (Phi) is 5.03. The Balaban J connectivity index is 2.04. The first kappa shape index (κ1) is 16.4. The van der Waals surface area contributed by atoms with Crippen LogP contribution in [0, 0.1) is 13.8 Å². The lowest BCUT2D eigenvalue weighted by Crippen LogP contribution is -2.50. The van der Waals surface area contributed by atoms with Gasteiger partial charge in [0.05, 0.1) is 11.4 Å². The van der Waals surface area contributed by atoms with Crippen molar-refractivity contribution in [3.8, 4) is 0 Å². The van der Waals surface area contributed by atoms with E-state index in [0.29, 0.717) is 37.6 Å². The second-order valence-corrected chi connectivity index (χ2v) is 8.50. The van der Waals surface area contributed by atoms with Gasteiger partial charge in [-0.05, 0) is 19.9 Å². The van der Waals surface area contributed by atoms with Gasteiger partial charge in [0.1, 0.15) is 0 Å². The van der Waals surface area contributed by atoms with Crippen molar-refractivity contribution in [1.82, 2.24) is 14.5 Å². The van der Waals surface area contributed by atoms with E-state index in [1.807, 2.05) is 18.7 Å². The maximum Gasteiger partial charge on any atom is 0.244 e. The van der Waals surface area contributed by atoms with E-state index < -0.39 is 10.0 Å². The first-order chi connectivity index (χ1) is 9.84. The highest BCUT2D eigenvalue weighted by molar-refractivity contribution is 7.89. The van der Waals surface area contributed by atoms with Gasteiger partial charge in [0.15, 0.2) is 0 Å². The van der Waals surface area contributed by atoms with Crippen LogP contribution in [0.1, 0.15) is 9.75 Å². The predicted octanol–water partition coefficient (Wildman–Crippen LogP) is 0.417. The molecule has 2 heterocycles. The molecular weight excluding hydrogens is 310 g/mol. The highest BCUT2D eigenvalue weighted by Crippen LogP contribution is 2.28. The van der Waals surface area contributed by atoms with E-state index in [9.17, 15) is 13.2 Å². The standard InChI is InChI=1S/C13H21N3O3S2/c1-10-8-12(11(2)20-10)21(18,19)16-6-4-15(5-7-16)9-13(17)14-3/h8H,4-7,9H2,1-3H3,(H,14,17). The number of carbonyl (C=O) groups is 1. The minimum absolute atomic E-state index is 0.0457. The Morgan fingerprint density at radius 3 is 2.38 bits per heavy atom. The molecule has 2 rings (SSSR count).